The Hall–Kier alpha value is -0.610. The highest BCUT2D eigenvalue weighted by Gasteiger charge is 2.41. The summed E-state index contributed by atoms with van der Waals surface area (Å²) in [6, 6.07) is 0.358. The zero-order valence-corrected chi connectivity index (χ0v) is 14.5. The van der Waals surface area contributed by atoms with E-state index >= 15 is 0 Å². The molecule has 4 fully saturated rings. The Morgan fingerprint density at radius 3 is 2.70 bits per heavy atom. The van der Waals surface area contributed by atoms with E-state index in [2.05, 4.69) is 9.80 Å². The molecule has 4 aliphatic rings. The molecule has 2 unspecified atom stereocenters. The third-order valence-corrected chi connectivity index (χ3v) is 6.84. The lowest BCUT2D eigenvalue weighted by Gasteiger charge is -2.44. The SMILES string of the molecule is O=C(CN1CCC2(CCCCC2)C1)N1CCOC2CCCCC21. The highest BCUT2D eigenvalue weighted by molar-refractivity contribution is 5.79. The molecule has 4 nitrogen and oxygen atoms in total. The van der Waals surface area contributed by atoms with Crippen LogP contribution in [0.15, 0.2) is 0 Å². The van der Waals surface area contributed by atoms with Crippen LogP contribution in [0.5, 0.6) is 0 Å². The first kappa shape index (κ1) is 15.9. The summed E-state index contributed by atoms with van der Waals surface area (Å²) in [6.45, 7) is 4.47. The summed E-state index contributed by atoms with van der Waals surface area (Å²) in [5, 5.41) is 0. The predicted molar refractivity (Wildman–Crippen MR) is 90.3 cm³/mol. The van der Waals surface area contributed by atoms with Crippen LogP contribution in [0.3, 0.4) is 0 Å². The first-order valence-electron chi connectivity index (χ1n) is 9.89. The molecule has 0 aromatic carbocycles. The molecule has 130 valence electrons. The maximum Gasteiger partial charge on any atom is 0.237 e. The average Bonchev–Trinajstić information content (AvgIpc) is 2.97. The molecule has 23 heavy (non-hydrogen) atoms. The van der Waals surface area contributed by atoms with Crippen molar-refractivity contribution in [3.63, 3.8) is 0 Å². The number of likely N-dealkylation sites (tertiary alicyclic amines) is 1. The number of carbonyl (C=O) groups excluding carboxylic acids is 1. The van der Waals surface area contributed by atoms with Gasteiger partial charge < -0.3 is 9.64 Å². The fraction of sp³-hybridized carbons (Fsp3) is 0.947. The minimum Gasteiger partial charge on any atom is -0.374 e. The number of fused-ring (bicyclic) bond motifs is 1. The van der Waals surface area contributed by atoms with E-state index in [1.807, 2.05) is 0 Å². The van der Waals surface area contributed by atoms with E-state index in [4.69, 9.17) is 4.74 Å². The maximum atomic E-state index is 12.9. The van der Waals surface area contributed by atoms with Crippen molar-refractivity contribution in [3.8, 4) is 0 Å². The normalized spacial score (nSPS) is 34.5. The zero-order valence-electron chi connectivity index (χ0n) is 14.5. The first-order chi connectivity index (χ1) is 11.3. The molecule has 0 N–H and O–H groups in total. The van der Waals surface area contributed by atoms with Gasteiger partial charge in [-0.15, -0.1) is 0 Å². The number of morpholine rings is 1. The van der Waals surface area contributed by atoms with Gasteiger partial charge in [-0.05, 0) is 44.1 Å². The second-order valence-corrected chi connectivity index (χ2v) is 8.37. The summed E-state index contributed by atoms with van der Waals surface area (Å²) < 4.78 is 5.91. The highest BCUT2D eigenvalue weighted by Crippen LogP contribution is 2.43. The lowest BCUT2D eigenvalue weighted by molar-refractivity contribution is -0.150. The molecule has 0 aromatic heterocycles. The Balaban J connectivity index is 1.34. The molecule has 4 heteroatoms. The lowest BCUT2D eigenvalue weighted by atomic mass is 9.73. The van der Waals surface area contributed by atoms with E-state index in [1.165, 1.54) is 51.4 Å². The van der Waals surface area contributed by atoms with Gasteiger partial charge >= 0.3 is 0 Å². The van der Waals surface area contributed by atoms with Crippen LogP contribution in [0.4, 0.5) is 0 Å². The number of nitrogens with zero attached hydrogens (tertiary/aromatic N) is 2. The lowest BCUT2D eigenvalue weighted by Crippen LogP contribution is -2.56. The number of hydrogen-bond donors (Lipinski definition) is 0. The van der Waals surface area contributed by atoms with E-state index < -0.39 is 0 Å². The summed E-state index contributed by atoms with van der Waals surface area (Å²) in [4.78, 5) is 17.5. The van der Waals surface area contributed by atoms with Crippen LogP contribution in [-0.4, -0.2) is 60.6 Å². The van der Waals surface area contributed by atoms with Crippen LogP contribution in [-0.2, 0) is 9.53 Å². The molecular formula is C19H32N2O2. The van der Waals surface area contributed by atoms with E-state index in [0.717, 1.165) is 39.1 Å². The van der Waals surface area contributed by atoms with E-state index in [-0.39, 0.29) is 0 Å². The third kappa shape index (κ3) is 3.30. The maximum absolute atomic E-state index is 12.9. The van der Waals surface area contributed by atoms with Crippen LogP contribution < -0.4 is 0 Å². The van der Waals surface area contributed by atoms with Gasteiger partial charge in [0.15, 0.2) is 0 Å². The number of rotatable bonds is 2. The summed E-state index contributed by atoms with van der Waals surface area (Å²) in [5.74, 6) is 0.359. The van der Waals surface area contributed by atoms with Gasteiger partial charge in [0.05, 0.1) is 25.3 Å². The minimum absolute atomic E-state index is 0.310. The zero-order chi connectivity index (χ0) is 15.7. The molecule has 1 spiro atoms. The van der Waals surface area contributed by atoms with Crippen LogP contribution >= 0.6 is 0 Å². The molecule has 2 heterocycles. The quantitative estimate of drug-likeness (QED) is 0.784. The predicted octanol–water partition coefficient (Wildman–Crippen LogP) is 2.81. The molecular weight excluding hydrogens is 288 g/mol. The van der Waals surface area contributed by atoms with Crippen LogP contribution in [0.25, 0.3) is 0 Å². The molecule has 0 aromatic rings. The van der Waals surface area contributed by atoms with Crippen molar-refractivity contribution in [1.29, 1.82) is 0 Å². The number of carbonyl (C=O) groups is 1. The molecule has 1 amide bonds. The van der Waals surface area contributed by atoms with Gasteiger partial charge in [0.25, 0.3) is 0 Å². The molecule has 2 aliphatic heterocycles. The standard InChI is InChI=1S/C19H32N2O2/c22-18(21-12-13-23-17-7-3-2-6-16(17)21)14-20-11-10-19(15-20)8-4-1-5-9-19/h16-17H,1-15H2. The number of amides is 1. The molecule has 2 saturated heterocycles. The third-order valence-electron chi connectivity index (χ3n) is 6.84. The van der Waals surface area contributed by atoms with Crippen molar-refractivity contribution in [2.45, 2.75) is 76.4 Å². The van der Waals surface area contributed by atoms with Crippen LogP contribution in [0.2, 0.25) is 0 Å². The van der Waals surface area contributed by atoms with Gasteiger partial charge in [-0.1, -0.05) is 32.1 Å². The Labute approximate surface area is 140 Å². The van der Waals surface area contributed by atoms with Crippen molar-refractivity contribution in [1.82, 2.24) is 9.80 Å². The molecule has 2 aliphatic carbocycles. The number of hydrogen-bond acceptors (Lipinski definition) is 3. The largest absolute Gasteiger partial charge is 0.374 e. The number of ether oxygens (including phenoxy) is 1. The van der Waals surface area contributed by atoms with Gasteiger partial charge in [0.2, 0.25) is 5.91 Å². The Kier molecular flexibility index (Phi) is 4.64. The second-order valence-electron chi connectivity index (χ2n) is 8.37. The van der Waals surface area contributed by atoms with E-state index in [9.17, 15) is 4.79 Å². The van der Waals surface area contributed by atoms with E-state index in [0.29, 0.717) is 30.0 Å². The fourth-order valence-electron chi connectivity index (χ4n) is 5.56. The second kappa shape index (κ2) is 6.72. The Bertz CT molecular complexity index is 431. The Morgan fingerprint density at radius 1 is 1.00 bits per heavy atom. The monoisotopic (exact) mass is 320 g/mol. The van der Waals surface area contributed by atoms with Gasteiger partial charge in [-0.25, -0.2) is 0 Å². The molecule has 0 radical (unpaired) electrons. The summed E-state index contributed by atoms with van der Waals surface area (Å²) in [5.41, 5.74) is 0.552. The summed E-state index contributed by atoms with van der Waals surface area (Å²) in [7, 11) is 0. The fourth-order valence-corrected chi connectivity index (χ4v) is 5.56. The smallest absolute Gasteiger partial charge is 0.237 e. The van der Waals surface area contributed by atoms with Crippen molar-refractivity contribution in [3.05, 3.63) is 0 Å². The average molecular weight is 320 g/mol. The minimum atomic E-state index is 0.310. The highest BCUT2D eigenvalue weighted by atomic mass is 16.5. The van der Waals surface area contributed by atoms with Crippen LogP contribution in [0.1, 0.15) is 64.2 Å². The van der Waals surface area contributed by atoms with Gasteiger partial charge in [-0.2, -0.15) is 0 Å². The van der Waals surface area contributed by atoms with Crippen LogP contribution in [0, 0.1) is 5.41 Å². The topological polar surface area (TPSA) is 32.8 Å². The molecule has 2 atom stereocenters. The first-order valence-corrected chi connectivity index (χ1v) is 9.89. The van der Waals surface area contributed by atoms with Crippen molar-refractivity contribution in [2.75, 3.05) is 32.8 Å². The summed E-state index contributed by atoms with van der Waals surface area (Å²) in [6.07, 6.45) is 13.4. The molecule has 2 saturated carbocycles. The van der Waals surface area contributed by atoms with Gasteiger partial charge in [0, 0.05) is 13.1 Å². The van der Waals surface area contributed by atoms with Gasteiger partial charge in [-0.3, -0.25) is 9.69 Å². The van der Waals surface area contributed by atoms with Gasteiger partial charge in [0.1, 0.15) is 0 Å². The summed E-state index contributed by atoms with van der Waals surface area (Å²) >= 11 is 0. The van der Waals surface area contributed by atoms with Crippen molar-refractivity contribution < 1.29 is 9.53 Å². The van der Waals surface area contributed by atoms with Crippen molar-refractivity contribution >= 4 is 5.91 Å². The van der Waals surface area contributed by atoms with Crippen molar-refractivity contribution in [2.24, 2.45) is 5.41 Å². The molecule has 4 rings (SSSR count). The van der Waals surface area contributed by atoms with E-state index in [1.54, 1.807) is 0 Å². The Morgan fingerprint density at radius 2 is 1.83 bits per heavy atom. The molecule has 0 bridgehead atoms.